The summed E-state index contributed by atoms with van der Waals surface area (Å²) in [6.07, 6.45) is 0. The molecule has 0 bridgehead atoms. The van der Waals surface area contributed by atoms with Crippen molar-refractivity contribution >= 4 is 0 Å². The summed E-state index contributed by atoms with van der Waals surface area (Å²) in [7, 11) is 0. The predicted molar refractivity (Wildman–Crippen MR) is 46.8 cm³/mol. The van der Waals surface area contributed by atoms with Gasteiger partial charge in [-0.3, -0.25) is 0 Å². The Morgan fingerprint density at radius 3 is 2.77 bits per heavy atom. The summed E-state index contributed by atoms with van der Waals surface area (Å²) in [5.74, 6) is -0.0728. The number of rotatable bonds is 2. The molecule has 0 unspecified atom stereocenters. The van der Waals surface area contributed by atoms with Crippen molar-refractivity contribution in [2.75, 3.05) is 6.61 Å². The quantitative estimate of drug-likeness (QED) is 0.605. The van der Waals surface area contributed by atoms with E-state index in [1.54, 1.807) is 6.07 Å². The maximum atomic E-state index is 9.16. The van der Waals surface area contributed by atoms with Gasteiger partial charge in [-0.2, -0.15) is 5.26 Å². The van der Waals surface area contributed by atoms with Gasteiger partial charge in [0.1, 0.15) is 11.8 Å². The van der Waals surface area contributed by atoms with E-state index in [1.165, 1.54) is 12.1 Å². The SMILES string of the molecule is N#Cc1cc([C@@H](N)CO)ccc1O. The highest BCUT2D eigenvalue weighted by Crippen LogP contribution is 2.20. The molecule has 0 fully saturated rings. The van der Waals surface area contributed by atoms with Crippen LogP contribution in [0.3, 0.4) is 0 Å². The Bertz CT molecular complexity index is 344. The first-order valence-corrected chi connectivity index (χ1v) is 3.78. The van der Waals surface area contributed by atoms with Crippen molar-refractivity contribution in [2.45, 2.75) is 6.04 Å². The number of aliphatic hydroxyl groups excluding tert-OH is 1. The summed E-state index contributed by atoms with van der Waals surface area (Å²) in [6, 6.07) is 5.76. The summed E-state index contributed by atoms with van der Waals surface area (Å²) >= 11 is 0. The lowest BCUT2D eigenvalue weighted by Gasteiger charge is -2.08. The van der Waals surface area contributed by atoms with Crippen LogP contribution < -0.4 is 5.73 Å². The van der Waals surface area contributed by atoms with Gasteiger partial charge in [0, 0.05) is 0 Å². The fraction of sp³-hybridized carbons (Fsp3) is 0.222. The summed E-state index contributed by atoms with van der Waals surface area (Å²) in [5.41, 5.74) is 6.33. The molecule has 1 aromatic rings. The van der Waals surface area contributed by atoms with Crippen molar-refractivity contribution in [1.29, 1.82) is 5.26 Å². The molecule has 1 rings (SSSR count). The van der Waals surface area contributed by atoms with Crippen molar-refractivity contribution in [3.8, 4) is 11.8 Å². The molecule has 4 heteroatoms. The standard InChI is InChI=1S/C9H10N2O2/c10-4-7-3-6(8(11)5-12)1-2-9(7)13/h1-3,8,12-13H,5,11H2/t8-/m0/s1. The van der Waals surface area contributed by atoms with Crippen molar-refractivity contribution in [1.82, 2.24) is 0 Å². The van der Waals surface area contributed by atoms with Crippen LogP contribution in [0.1, 0.15) is 17.2 Å². The number of phenolic OH excluding ortho intramolecular Hbond substituents is 1. The van der Waals surface area contributed by atoms with Crippen molar-refractivity contribution in [3.63, 3.8) is 0 Å². The minimum absolute atomic E-state index is 0.0728. The molecule has 0 aromatic heterocycles. The lowest BCUT2D eigenvalue weighted by atomic mass is 10.1. The van der Waals surface area contributed by atoms with E-state index in [0.29, 0.717) is 5.56 Å². The van der Waals surface area contributed by atoms with Crippen LogP contribution in [0, 0.1) is 11.3 Å². The molecule has 13 heavy (non-hydrogen) atoms. The Morgan fingerprint density at radius 1 is 1.54 bits per heavy atom. The van der Waals surface area contributed by atoms with Crippen LogP contribution in [0.25, 0.3) is 0 Å². The van der Waals surface area contributed by atoms with E-state index in [1.807, 2.05) is 6.07 Å². The first-order valence-electron chi connectivity index (χ1n) is 3.78. The number of nitrogens with zero attached hydrogens (tertiary/aromatic N) is 1. The van der Waals surface area contributed by atoms with Gasteiger partial charge in [0.05, 0.1) is 18.2 Å². The summed E-state index contributed by atoms with van der Waals surface area (Å²) in [5, 5.41) is 26.5. The number of phenols is 1. The first-order chi connectivity index (χ1) is 6.19. The van der Waals surface area contributed by atoms with E-state index in [2.05, 4.69) is 0 Å². The molecule has 0 amide bonds. The van der Waals surface area contributed by atoms with Gasteiger partial charge >= 0.3 is 0 Å². The van der Waals surface area contributed by atoms with Gasteiger partial charge in [-0.1, -0.05) is 6.07 Å². The molecule has 0 radical (unpaired) electrons. The zero-order chi connectivity index (χ0) is 9.84. The van der Waals surface area contributed by atoms with Crippen molar-refractivity contribution < 1.29 is 10.2 Å². The molecular formula is C9H10N2O2. The molecule has 0 saturated carbocycles. The lowest BCUT2D eigenvalue weighted by molar-refractivity contribution is 0.268. The highest BCUT2D eigenvalue weighted by atomic mass is 16.3. The van der Waals surface area contributed by atoms with Crippen LogP contribution >= 0.6 is 0 Å². The summed E-state index contributed by atoms with van der Waals surface area (Å²) in [4.78, 5) is 0. The maximum absolute atomic E-state index is 9.16. The van der Waals surface area contributed by atoms with E-state index in [-0.39, 0.29) is 17.9 Å². The number of aliphatic hydroxyl groups is 1. The Kier molecular flexibility index (Phi) is 2.85. The number of benzene rings is 1. The topological polar surface area (TPSA) is 90.3 Å². The summed E-state index contributed by atoms with van der Waals surface area (Å²) in [6.45, 7) is -0.185. The number of aromatic hydroxyl groups is 1. The Balaban J connectivity index is 3.08. The van der Waals surface area contributed by atoms with Gasteiger partial charge in [-0.25, -0.2) is 0 Å². The molecule has 1 atom stereocenters. The zero-order valence-corrected chi connectivity index (χ0v) is 6.94. The van der Waals surface area contributed by atoms with Gasteiger partial charge in [0.15, 0.2) is 0 Å². The van der Waals surface area contributed by atoms with Crippen molar-refractivity contribution in [3.05, 3.63) is 29.3 Å². The van der Waals surface area contributed by atoms with Crippen LogP contribution in [0.4, 0.5) is 0 Å². The third-order valence-electron chi connectivity index (χ3n) is 1.77. The minimum Gasteiger partial charge on any atom is -0.507 e. The second kappa shape index (κ2) is 3.90. The fourth-order valence-corrected chi connectivity index (χ4v) is 0.979. The second-order valence-electron chi connectivity index (χ2n) is 2.68. The van der Waals surface area contributed by atoms with Crippen molar-refractivity contribution in [2.24, 2.45) is 5.73 Å². The van der Waals surface area contributed by atoms with Gasteiger partial charge < -0.3 is 15.9 Å². The minimum atomic E-state index is -0.507. The normalized spacial score (nSPS) is 12.1. The molecule has 0 aliphatic heterocycles. The van der Waals surface area contributed by atoms with E-state index >= 15 is 0 Å². The van der Waals surface area contributed by atoms with Gasteiger partial charge in [-0.15, -0.1) is 0 Å². The number of hydrogen-bond donors (Lipinski definition) is 3. The van der Waals surface area contributed by atoms with Crippen LogP contribution in [0.2, 0.25) is 0 Å². The summed E-state index contributed by atoms with van der Waals surface area (Å²) < 4.78 is 0. The Morgan fingerprint density at radius 2 is 2.23 bits per heavy atom. The molecule has 68 valence electrons. The van der Waals surface area contributed by atoms with Crippen LogP contribution in [0.15, 0.2) is 18.2 Å². The first kappa shape index (κ1) is 9.52. The van der Waals surface area contributed by atoms with E-state index in [4.69, 9.17) is 21.2 Å². The third-order valence-corrected chi connectivity index (χ3v) is 1.77. The Labute approximate surface area is 75.8 Å². The molecule has 0 spiro atoms. The average Bonchev–Trinajstić information content (AvgIpc) is 2.17. The molecule has 4 N–H and O–H groups in total. The molecule has 0 aliphatic carbocycles. The lowest BCUT2D eigenvalue weighted by Crippen LogP contribution is -2.14. The highest BCUT2D eigenvalue weighted by Gasteiger charge is 2.07. The smallest absolute Gasteiger partial charge is 0.133 e. The number of nitriles is 1. The maximum Gasteiger partial charge on any atom is 0.133 e. The highest BCUT2D eigenvalue weighted by molar-refractivity contribution is 5.45. The van der Waals surface area contributed by atoms with E-state index in [0.717, 1.165) is 0 Å². The molecule has 0 heterocycles. The van der Waals surface area contributed by atoms with Gasteiger partial charge in [0.2, 0.25) is 0 Å². The van der Waals surface area contributed by atoms with Gasteiger partial charge in [0.25, 0.3) is 0 Å². The third kappa shape index (κ3) is 1.96. The molecular weight excluding hydrogens is 168 g/mol. The molecule has 1 aromatic carbocycles. The van der Waals surface area contributed by atoms with E-state index in [9.17, 15) is 0 Å². The number of nitrogens with two attached hydrogens (primary N) is 1. The largest absolute Gasteiger partial charge is 0.507 e. The predicted octanol–water partition coefficient (Wildman–Crippen LogP) is 0.256. The van der Waals surface area contributed by atoms with Crippen LogP contribution in [-0.4, -0.2) is 16.8 Å². The van der Waals surface area contributed by atoms with Crippen LogP contribution in [0.5, 0.6) is 5.75 Å². The molecule has 0 aliphatic rings. The second-order valence-corrected chi connectivity index (χ2v) is 2.68. The molecule has 4 nitrogen and oxygen atoms in total. The van der Waals surface area contributed by atoms with Crippen LogP contribution in [-0.2, 0) is 0 Å². The zero-order valence-electron chi connectivity index (χ0n) is 6.94. The fourth-order valence-electron chi connectivity index (χ4n) is 0.979. The van der Waals surface area contributed by atoms with E-state index < -0.39 is 6.04 Å². The van der Waals surface area contributed by atoms with Gasteiger partial charge in [-0.05, 0) is 17.7 Å². The number of hydrogen-bond acceptors (Lipinski definition) is 4. The Hall–Kier alpha value is -1.57. The average molecular weight is 178 g/mol. The monoisotopic (exact) mass is 178 g/mol. The molecule has 0 saturated heterocycles.